The molecule has 0 bridgehead atoms. The van der Waals surface area contributed by atoms with Gasteiger partial charge >= 0.3 is 0 Å². The van der Waals surface area contributed by atoms with E-state index < -0.39 is 0 Å². The highest BCUT2D eigenvalue weighted by molar-refractivity contribution is 6.31. The number of hydrogen-bond acceptors (Lipinski definition) is 0. The standard InChI is InChI=1S/C14H14Cl2/c1-10-4-5-13(8-11(10)2)14(6-7-15)9-12(3)16/h4-9H,3H2,1-2H3/b7-6+,14-9+. The highest BCUT2D eigenvalue weighted by Gasteiger charge is 2.00. The zero-order valence-electron chi connectivity index (χ0n) is 9.43. The van der Waals surface area contributed by atoms with Crippen LogP contribution in [0.3, 0.4) is 0 Å². The van der Waals surface area contributed by atoms with Crippen molar-refractivity contribution >= 4 is 28.8 Å². The van der Waals surface area contributed by atoms with Crippen LogP contribution in [-0.4, -0.2) is 0 Å². The van der Waals surface area contributed by atoms with Crippen LogP contribution in [0, 0.1) is 13.8 Å². The minimum Gasteiger partial charge on any atom is -0.0929 e. The topological polar surface area (TPSA) is 0 Å². The van der Waals surface area contributed by atoms with E-state index in [0.717, 1.165) is 11.1 Å². The molecule has 0 fully saturated rings. The molecule has 0 amide bonds. The Kier molecular flexibility index (Phi) is 4.85. The van der Waals surface area contributed by atoms with E-state index in [9.17, 15) is 0 Å². The summed E-state index contributed by atoms with van der Waals surface area (Å²) in [7, 11) is 0. The first kappa shape index (κ1) is 13.1. The third kappa shape index (κ3) is 3.55. The van der Waals surface area contributed by atoms with Crippen LogP contribution in [0.2, 0.25) is 0 Å². The minimum atomic E-state index is 0.489. The summed E-state index contributed by atoms with van der Waals surface area (Å²) >= 11 is 11.4. The predicted molar refractivity (Wildman–Crippen MR) is 73.9 cm³/mol. The summed E-state index contributed by atoms with van der Waals surface area (Å²) in [5, 5.41) is 0.489. The first-order valence-electron chi connectivity index (χ1n) is 4.95. The van der Waals surface area contributed by atoms with Crippen LogP contribution >= 0.6 is 23.2 Å². The molecular weight excluding hydrogens is 239 g/mol. The summed E-state index contributed by atoms with van der Waals surface area (Å²) in [4.78, 5) is 0. The Labute approximate surface area is 107 Å². The lowest BCUT2D eigenvalue weighted by molar-refractivity contribution is 1.33. The quantitative estimate of drug-likeness (QED) is 0.650. The van der Waals surface area contributed by atoms with Crippen LogP contribution < -0.4 is 0 Å². The van der Waals surface area contributed by atoms with Gasteiger partial charge in [0.15, 0.2) is 0 Å². The van der Waals surface area contributed by atoms with E-state index in [0.29, 0.717) is 5.03 Å². The van der Waals surface area contributed by atoms with Gasteiger partial charge in [0.1, 0.15) is 0 Å². The highest BCUT2D eigenvalue weighted by Crippen LogP contribution is 2.22. The first-order chi connectivity index (χ1) is 7.54. The smallest absolute Gasteiger partial charge is 0.0340 e. The largest absolute Gasteiger partial charge is 0.0929 e. The lowest BCUT2D eigenvalue weighted by atomic mass is 10.0. The molecule has 1 aromatic carbocycles. The first-order valence-corrected chi connectivity index (χ1v) is 5.76. The van der Waals surface area contributed by atoms with E-state index in [1.54, 1.807) is 12.2 Å². The summed E-state index contributed by atoms with van der Waals surface area (Å²) < 4.78 is 0. The van der Waals surface area contributed by atoms with Gasteiger partial charge in [-0.1, -0.05) is 48.0 Å². The molecule has 0 saturated carbocycles. The van der Waals surface area contributed by atoms with Gasteiger partial charge in [0, 0.05) is 10.6 Å². The van der Waals surface area contributed by atoms with Crippen LogP contribution in [0.15, 0.2) is 47.5 Å². The second kappa shape index (κ2) is 5.93. The van der Waals surface area contributed by atoms with Gasteiger partial charge in [-0.2, -0.15) is 0 Å². The van der Waals surface area contributed by atoms with Gasteiger partial charge in [-0.25, -0.2) is 0 Å². The Morgan fingerprint density at radius 1 is 1.25 bits per heavy atom. The molecule has 16 heavy (non-hydrogen) atoms. The van der Waals surface area contributed by atoms with Crippen LogP contribution in [0.25, 0.3) is 5.57 Å². The van der Waals surface area contributed by atoms with Gasteiger partial charge in [-0.3, -0.25) is 0 Å². The van der Waals surface area contributed by atoms with Gasteiger partial charge in [0.05, 0.1) is 0 Å². The number of hydrogen-bond donors (Lipinski definition) is 0. The monoisotopic (exact) mass is 252 g/mol. The van der Waals surface area contributed by atoms with Crippen LogP contribution in [0.5, 0.6) is 0 Å². The van der Waals surface area contributed by atoms with Crippen molar-refractivity contribution in [3.63, 3.8) is 0 Å². The van der Waals surface area contributed by atoms with Crippen LogP contribution in [0.4, 0.5) is 0 Å². The Hall–Kier alpha value is -0.980. The zero-order valence-corrected chi connectivity index (χ0v) is 10.9. The van der Waals surface area contributed by atoms with Crippen molar-refractivity contribution in [1.82, 2.24) is 0 Å². The van der Waals surface area contributed by atoms with Crippen molar-refractivity contribution in [2.75, 3.05) is 0 Å². The molecule has 0 N–H and O–H groups in total. The fraction of sp³-hybridized carbons (Fsp3) is 0.143. The van der Waals surface area contributed by atoms with Gasteiger partial charge in [-0.05, 0) is 48.3 Å². The molecule has 0 heterocycles. The molecule has 0 saturated heterocycles. The van der Waals surface area contributed by atoms with E-state index in [-0.39, 0.29) is 0 Å². The van der Waals surface area contributed by atoms with Crippen molar-refractivity contribution in [2.45, 2.75) is 13.8 Å². The van der Waals surface area contributed by atoms with Crippen molar-refractivity contribution in [1.29, 1.82) is 0 Å². The van der Waals surface area contributed by atoms with Crippen molar-refractivity contribution in [3.8, 4) is 0 Å². The van der Waals surface area contributed by atoms with E-state index in [1.165, 1.54) is 16.7 Å². The number of rotatable bonds is 3. The molecule has 84 valence electrons. The van der Waals surface area contributed by atoms with Crippen LogP contribution in [-0.2, 0) is 0 Å². The summed E-state index contributed by atoms with van der Waals surface area (Å²) in [6.07, 6.45) is 3.60. The maximum atomic E-state index is 5.78. The Bertz CT molecular complexity index is 454. The van der Waals surface area contributed by atoms with E-state index in [4.69, 9.17) is 23.2 Å². The number of benzene rings is 1. The Balaban J connectivity index is 3.21. The molecule has 0 spiro atoms. The number of halogens is 2. The molecule has 1 aromatic rings. The van der Waals surface area contributed by atoms with Crippen molar-refractivity contribution in [3.05, 3.63) is 64.2 Å². The Morgan fingerprint density at radius 2 is 1.94 bits per heavy atom. The molecule has 0 aromatic heterocycles. The van der Waals surface area contributed by atoms with Crippen LogP contribution in [0.1, 0.15) is 16.7 Å². The lowest BCUT2D eigenvalue weighted by Gasteiger charge is -2.06. The SMILES string of the molecule is C=C(Cl)/C=C(\C=C\Cl)c1ccc(C)c(C)c1. The molecule has 0 unspecified atom stereocenters. The van der Waals surface area contributed by atoms with Gasteiger partial charge in [-0.15, -0.1) is 0 Å². The predicted octanol–water partition coefficient (Wildman–Crippen LogP) is 5.19. The second-order valence-corrected chi connectivity index (χ2v) is 4.38. The van der Waals surface area contributed by atoms with E-state index in [1.807, 2.05) is 6.07 Å². The fourth-order valence-corrected chi connectivity index (χ4v) is 1.64. The zero-order chi connectivity index (χ0) is 12.1. The minimum absolute atomic E-state index is 0.489. The molecule has 0 aliphatic heterocycles. The van der Waals surface area contributed by atoms with Gasteiger partial charge < -0.3 is 0 Å². The van der Waals surface area contributed by atoms with Crippen molar-refractivity contribution in [2.24, 2.45) is 0 Å². The fourth-order valence-electron chi connectivity index (χ4n) is 1.39. The molecule has 0 radical (unpaired) electrons. The average Bonchev–Trinajstić information content (AvgIpc) is 2.21. The van der Waals surface area contributed by atoms with Gasteiger partial charge in [0.25, 0.3) is 0 Å². The summed E-state index contributed by atoms with van der Waals surface area (Å²) in [5.74, 6) is 0. The molecule has 0 aliphatic rings. The summed E-state index contributed by atoms with van der Waals surface area (Å²) in [6, 6.07) is 6.24. The number of aryl methyl sites for hydroxylation is 2. The third-order valence-electron chi connectivity index (χ3n) is 2.39. The maximum absolute atomic E-state index is 5.78. The summed E-state index contributed by atoms with van der Waals surface area (Å²) in [5.41, 5.74) is 6.02. The molecule has 0 nitrogen and oxygen atoms in total. The van der Waals surface area contributed by atoms with E-state index in [2.05, 4.69) is 32.6 Å². The lowest BCUT2D eigenvalue weighted by Crippen LogP contribution is -1.86. The second-order valence-electron chi connectivity index (χ2n) is 3.64. The normalized spacial score (nSPS) is 12.1. The number of allylic oxidation sites excluding steroid dienone is 4. The molecular formula is C14H14Cl2. The molecule has 0 atom stereocenters. The molecule has 0 aliphatic carbocycles. The van der Waals surface area contributed by atoms with E-state index >= 15 is 0 Å². The molecule has 1 rings (SSSR count). The summed E-state index contributed by atoms with van der Waals surface area (Å²) in [6.45, 7) is 7.82. The third-order valence-corrected chi connectivity index (χ3v) is 2.63. The van der Waals surface area contributed by atoms with Crippen molar-refractivity contribution < 1.29 is 0 Å². The average molecular weight is 253 g/mol. The molecule has 2 heteroatoms. The maximum Gasteiger partial charge on any atom is 0.0340 e. The highest BCUT2D eigenvalue weighted by atomic mass is 35.5. The Morgan fingerprint density at radius 3 is 2.44 bits per heavy atom. The van der Waals surface area contributed by atoms with Gasteiger partial charge in [0.2, 0.25) is 0 Å².